The molecule has 3 rings (SSSR count). The molecule has 1 N–H and O–H groups in total. The van der Waals surface area contributed by atoms with E-state index in [0.29, 0.717) is 23.4 Å². The van der Waals surface area contributed by atoms with Gasteiger partial charge in [-0.25, -0.2) is 0 Å². The van der Waals surface area contributed by atoms with E-state index in [-0.39, 0.29) is 17.7 Å². The third-order valence-corrected chi connectivity index (χ3v) is 5.18. The van der Waals surface area contributed by atoms with Crippen molar-refractivity contribution in [3.63, 3.8) is 0 Å². The van der Waals surface area contributed by atoms with E-state index < -0.39 is 0 Å². The Hall–Kier alpha value is -3.13. The Morgan fingerprint density at radius 2 is 1.86 bits per heavy atom. The lowest BCUT2D eigenvalue weighted by molar-refractivity contribution is -0.120. The highest BCUT2D eigenvalue weighted by Gasteiger charge is 2.21. The highest BCUT2D eigenvalue weighted by Crippen LogP contribution is 2.25. The summed E-state index contributed by atoms with van der Waals surface area (Å²) < 4.78 is 0. The van der Waals surface area contributed by atoms with Crippen molar-refractivity contribution in [2.24, 2.45) is 5.92 Å². The summed E-state index contributed by atoms with van der Waals surface area (Å²) >= 11 is 0. The first-order valence-electron chi connectivity index (χ1n) is 9.72. The zero-order valence-electron chi connectivity index (χ0n) is 16.1. The van der Waals surface area contributed by atoms with E-state index in [9.17, 15) is 9.59 Å². The van der Waals surface area contributed by atoms with Crippen molar-refractivity contribution in [2.75, 3.05) is 12.4 Å². The van der Waals surface area contributed by atoms with Gasteiger partial charge in [-0.15, -0.1) is 0 Å². The van der Waals surface area contributed by atoms with Gasteiger partial charge in [0.15, 0.2) is 0 Å². The monoisotopic (exact) mass is 375 g/mol. The van der Waals surface area contributed by atoms with Crippen molar-refractivity contribution < 1.29 is 9.59 Å². The van der Waals surface area contributed by atoms with Crippen LogP contribution >= 0.6 is 0 Å². The lowest BCUT2D eigenvalue weighted by Gasteiger charge is -2.21. The Morgan fingerprint density at radius 1 is 1.11 bits per heavy atom. The molecule has 0 radical (unpaired) electrons. The summed E-state index contributed by atoms with van der Waals surface area (Å²) in [5, 5.41) is 12.0. The van der Waals surface area contributed by atoms with Crippen LogP contribution in [0.1, 0.15) is 53.6 Å². The molecule has 0 unspecified atom stereocenters. The number of benzene rings is 2. The first-order chi connectivity index (χ1) is 13.6. The molecule has 2 aromatic carbocycles. The first kappa shape index (κ1) is 19.6. The summed E-state index contributed by atoms with van der Waals surface area (Å²) in [4.78, 5) is 26.9. The van der Waals surface area contributed by atoms with Gasteiger partial charge in [0.2, 0.25) is 5.91 Å². The fourth-order valence-corrected chi connectivity index (χ4v) is 3.64. The van der Waals surface area contributed by atoms with Crippen LogP contribution in [0.25, 0.3) is 0 Å². The quantitative estimate of drug-likeness (QED) is 0.844. The fourth-order valence-electron chi connectivity index (χ4n) is 3.64. The van der Waals surface area contributed by atoms with E-state index in [0.717, 1.165) is 31.2 Å². The minimum atomic E-state index is -0.129. The van der Waals surface area contributed by atoms with E-state index in [2.05, 4.69) is 11.4 Å². The molecule has 0 spiro atoms. The molecule has 144 valence electrons. The van der Waals surface area contributed by atoms with Gasteiger partial charge in [0.25, 0.3) is 5.91 Å². The summed E-state index contributed by atoms with van der Waals surface area (Å²) in [5.41, 5.74) is 2.66. The molecular formula is C23H25N3O2. The number of hydrogen-bond donors (Lipinski definition) is 1. The third-order valence-electron chi connectivity index (χ3n) is 5.18. The number of carbonyl (C=O) groups excluding carboxylic acids is 2. The van der Waals surface area contributed by atoms with Gasteiger partial charge in [-0.1, -0.05) is 37.5 Å². The summed E-state index contributed by atoms with van der Waals surface area (Å²) in [5.74, 6) is -0.00899. The predicted molar refractivity (Wildman–Crippen MR) is 109 cm³/mol. The Kier molecular flexibility index (Phi) is 6.44. The maximum absolute atomic E-state index is 12.8. The molecule has 1 aliphatic carbocycles. The Morgan fingerprint density at radius 3 is 2.61 bits per heavy atom. The van der Waals surface area contributed by atoms with E-state index in [4.69, 9.17) is 5.26 Å². The van der Waals surface area contributed by atoms with Gasteiger partial charge >= 0.3 is 0 Å². The number of nitriles is 1. The third kappa shape index (κ3) is 4.98. The van der Waals surface area contributed by atoms with Gasteiger partial charge in [-0.2, -0.15) is 5.26 Å². The number of nitrogens with one attached hydrogen (secondary N) is 1. The second-order valence-electron chi connectivity index (χ2n) is 7.38. The minimum Gasteiger partial charge on any atom is -0.337 e. The molecule has 0 heterocycles. The van der Waals surface area contributed by atoms with Gasteiger partial charge in [-0.3, -0.25) is 9.59 Å². The largest absolute Gasteiger partial charge is 0.337 e. The molecule has 2 amide bonds. The standard InChI is InChI=1S/C23H25N3O2/c1-26(16-18-8-5-7-17(13-18)15-24)23(28)20-11-6-12-21(14-20)25-22(27)19-9-3-2-4-10-19/h5-8,11-14,19H,2-4,9-10,16H2,1H3,(H,25,27). The second kappa shape index (κ2) is 9.18. The maximum Gasteiger partial charge on any atom is 0.253 e. The number of anilines is 1. The van der Waals surface area contributed by atoms with Crippen LogP contribution < -0.4 is 5.32 Å². The van der Waals surface area contributed by atoms with Gasteiger partial charge in [0.05, 0.1) is 11.6 Å². The van der Waals surface area contributed by atoms with Crippen molar-refractivity contribution in [3.05, 3.63) is 65.2 Å². The zero-order valence-corrected chi connectivity index (χ0v) is 16.1. The topological polar surface area (TPSA) is 73.2 Å². The van der Waals surface area contributed by atoms with Gasteiger partial charge in [0.1, 0.15) is 0 Å². The number of carbonyl (C=O) groups is 2. The van der Waals surface area contributed by atoms with Gasteiger partial charge in [0, 0.05) is 30.8 Å². The summed E-state index contributed by atoms with van der Waals surface area (Å²) in [6.07, 6.45) is 5.30. The van der Waals surface area contributed by atoms with Crippen LogP contribution in [0.15, 0.2) is 48.5 Å². The lowest BCUT2D eigenvalue weighted by Crippen LogP contribution is -2.27. The first-order valence-corrected chi connectivity index (χ1v) is 9.72. The van der Waals surface area contributed by atoms with Crippen LogP contribution in [0.4, 0.5) is 5.69 Å². The maximum atomic E-state index is 12.8. The van der Waals surface area contributed by atoms with Gasteiger partial charge < -0.3 is 10.2 Å². The fraction of sp³-hybridized carbons (Fsp3) is 0.348. The SMILES string of the molecule is CN(Cc1cccc(C#N)c1)C(=O)c1cccc(NC(=O)C2CCCCC2)c1. The molecule has 5 heteroatoms. The molecule has 0 aliphatic heterocycles. The molecule has 0 bridgehead atoms. The molecule has 0 atom stereocenters. The Labute approximate surface area is 166 Å². The van der Waals surface area contributed by atoms with Crippen molar-refractivity contribution in [2.45, 2.75) is 38.6 Å². The van der Waals surface area contributed by atoms with Crippen LogP contribution in [0.5, 0.6) is 0 Å². The highest BCUT2D eigenvalue weighted by molar-refractivity contribution is 5.97. The number of amides is 2. The number of rotatable bonds is 5. The van der Waals surface area contributed by atoms with Gasteiger partial charge in [-0.05, 0) is 48.7 Å². The number of nitrogens with zero attached hydrogens (tertiary/aromatic N) is 2. The van der Waals surface area contributed by atoms with E-state index in [1.807, 2.05) is 18.2 Å². The Bertz CT molecular complexity index is 895. The smallest absolute Gasteiger partial charge is 0.253 e. The molecular weight excluding hydrogens is 350 g/mol. The molecule has 2 aromatic rings. The van der Waals surface area contributed by atoms with Crippen LogP contribution in [0, 0.1) is 17.2 Å². The summed E-state index contributed by atoms with van der Waals surface area (Å²) in [6.45, 7) is 0.410. The van der Waals surface area contributed by atoms with Crippen molar-refractivity contribution in [1.82, 2.24) is 4.90 Å². The normalized spacial score (nSPS) is 14.1. The number of hydrogen-bond acceptors (Lipinski definition) is 3. The highest BCUT2D eigenvalue weighted by atomic mass is 16.2. The van der Waals surface area contributed by atoms with E-state index in [1.165, 1.54) is 6.42 Å². The van der Waals surface area contributed by atoms with E-state index in [1.54, 1.807) is 42.3 Å². The summed E-state index contributed by atoms with van der Waals surface area (Å²) in [7, 11) is 1.73. The average molecular weight is 375 g/mol. The van der Waals surface area contributed by atoms with Crippen LogP contribution in [-0.2, 0) is 11.3 Å². The van der Waals surface area contributed by atoms with Crippen LogP contribution in [-0.4, -0.2) is 23.8 Å². The molecule has 0 aromatic heterocycles. The molecule has 28 heavy (non-hydrogen) atoms. The minimum absolute atomic E-state index is 0.0472. The van der Waals surface area contributed by atoms with Crippen LogP contribution in [0.2, 0.25) is 0 Å². The Balaban J connectivity index is 1.65. The van der Waals surface area contributed by atoms with Crippen molar-refractivity contribution in [3.8, 4) is 6.07 Å². The molecule has 1 saturated carbocycles. The molecule has 1 fully saturated rings. The molecule has 1 aliphatic rings. The predicted octanol–water partition coefficient (Wildman–Crippen LogP) is 4.35. The van der Waals surface area contributed by atoms with E-state index >= 15 is 0 Å². The molecule has 5 nitrogen and oxygen atoms in total. The van der Waals surface area contributed by atoms with Crippen molar-refractivity contribution in [1.29, 1.82) is 5.26 Å². The average Bonchev–Trinajstić information content (AvgIpc) is 2.74. The lowest BCUT2D eigenvalue weighted by atomic mass is 9.88. The van der Waals surface area contributed by atoms with Crippen LogP contribution in [0.3, 0.4) is 0 Å². The zero-order chi connectivity index (χ0) is 19.9. The summed E-state index contributed by atoms with van der Waals surface area (Å²) in [6, 6.07) is 16.4. The molecule has 0 saturated heterocycles. The second-order valence-corrected chi connectivity index (χ2v) is 7.38. The van der Waals surface area contributed by atoms with Crippen molar-refractivity contribution >= 4 is 17.5 Å².